The van der Waals surface area contributed by atoms with E-state index < -0.39 is 37.0 Å². The summed E-state index contributed by atoms with van der Waals surface area (Å²) in [6.07, 6.45) is -3.41. The Hall–Kier alpha value is -1.28. The molecule has 0 amide bonds. The summed E-state index contributed by atoms with van der Waals surface area (Å²) in [7, 11) is 0. The van der Waals surface area contributed by atoms with E-state index in [9.17, 15) is 10.2 Å². The summed E-state index contributed by atoms with van der Waals surface area (Å²) < 4.78 is 22.4. The number of ether oxygens (including phenoxy) is 4. The monoisotopic (exact) mass is 308 g/mol. The number of rotatable bonds is 4. The van der Waals surface area contributed by atoms with E-state index in [0.29, 0.717) is 0 Å². The topological polar surface area (TPSA) is 77.4 Å². The number of aliphatic hydroxyl groups excluding tert-OH is 2. The largest absolute Gasteiger partial charge is 0.387 e. The molecule has 22 heavy (non-hydrogen) atoms. The summed E-state index contributed by atoms with van der Waals surface area (Å²) in [5.41, 5.74) is 0.854. The van der Waals surface area contributed by atoms with Crippen LogP contribution >= 0.6 is 0 Å². The van der Waals surface area contributed by atoms with E-state index in [0.717, 1.165) is 5.56 Å². The molecule has 2 saturated heterocycles. The van der Waals surface area contributed by atoms with Crippen molar-refractivity contribution in [1.29, 1.82) is 0 Å². The predicted octanol–water partition coefficient (Wildman–Crippen LogP) is 0.750. The maximum absolute atomic E-state index is 10.3. The van der Waals surface area contributed by atoms with Crippen LogP contribution in [0.5, 0.6) is 0 Å². The molecule has 0 spiro atoms. The van der Waals surface area contributed by atoms with Crippen molar-refractivity contribution >= 4 is 0 Å². The molecule has 3 rings (SSSR count). The number of hydrogen-bond acceptors (Lipinski definition) is 6. The molecule has 2 fully saturated rings. The van der Waals surface area contributed by atoms with Gasteiger partial charge in [-0.05, 0) is 0 Å². The van der Waals surface area contributed by atoms with Crippen LogP contribution in [0, 0.1) is 0 Å². The zero-order chi connectivity index (χ0) is 15.5. The van der Waals surface area contributed by atoms with Crippen LogP contribution in [0.3, 0.4) is 0 Å². The summed E-state index contributed by atoms with van der Waals surface area (Å²) >= 11 is 0. The highest BCUT2D eigenvalue weighted by atomic mass is 16.8. The second-order valence-electron chi connectivity index (χ2n) is 5.32. The standard InChI is InChI=1S/C16H20O6/c1-2-8-19-16-13(18)12(17)14-11(21-16)9-20-15(22-14)10-6-4-3-5-7-10/h2-7,11-18H,1,8-9H2/t11-,12-,13-,14-,15-,16+/m1/s1. The van der Waals surface area contributed by atoms with Crippen LogP contribution in [-0.4, -0.2) is 54.1 Å². The van der Waals surface area contributed by atoms with Gasteiger partial charge in [0.15, 0.2) is 12.6 Å². The fraction of sp³-hybridized carbons (Fsp3) is 0.500. The minimum atomic E-state index is -1.18. The Bertz CT molecular complexity index is 491. The third kappa shape index (κ3) is 3.08. The zero-order valence-electron chi connectivity index (χ0n) is 12.1. The van der Waals surface area contributed by atoms with Crippen molar-refractivity contribution in [2.45, 2.75) is 37.0 Å². The third-order valence-electron chi connectivity index (χ3n) is 3.78. The zero-order valence-corrected chi connectivity index (χ0v) is 12.1. The quantitative estimate of drug-likeness (QED) is 0.799. The lowest BCUT2D eigenvalue weighted by Crippen LogP contribution is -2.62. The van der Waals surface area contributed by atoms with Crippen LogP contribution in [0.2, 0.25) is 0 Å². The van der Waals surface area contributed by atoms with Crippen LogP contribution in [0.15, 0.2) is 43.0 Å². The van der Waals surface area contributed by atoms with Gasteiger partial charge in [-0.1, -0.05) is 36.4 Å². The molecule has 1 aromatic rings. The molecular weight excluding hydrogens is 288 g/mol. The Labute approximate surface area is 128 Å². The maximum Gasteiger partial charge on any atom is 0.187 e. The van der Waals surface area contributed by atoms with Crippen molar-refractivity contribution < 1.29 is 29.2 Å². The van der Waals surface area contributed by atoms with Crippen LogP contribution in [0.25, 0.3) is 0 Å². The molecule has 0 aliphatic carbocycles. The highest BCUT2D eigenvalue weighted by Crippen LogP contribution is 2.34. The van der Waals surface area contributed by atoms with Gasteiger partial charge in [-0.2, -0.15) is 0 Å². The lowest BCUT2D eigenvalue weighted by atomic mass is 9.98. The minimum absolute atomic E-state index is 0.222. The lowest BCUT2D eigenvalue weighted by Gasteiger charge is -2.46. The molecule has 0 unspecified atom stereocenters. The smallest absolute Gasteiger partial charge is 0.187 e. The van der Waals surface area contributed by atoms with Gasteiger partial charge >= 0.3 is 0 Å². The van der Waals surface area contributed by atoms with E-state index in [1.165, 1.54) is 0 Å². The Morgan fingerprint density at radius 2 is 1.95 bits per heavy atom. The second kappa shape index (κ2) is 6.87. The Kier molecular flexibility index (Phi) is 4.87. The lowest BCUT2D eigenvalue weighted by molar-refractivity contribution is -0.360. The van der Waals surface area contributed by atoms with Crippen molar-refractivity contribution in [2.24, 2.45) is 0 Å². The molecule has 6 atom stereocenters. The van der Waals surface area contributed by atoms with Crippen LogP contribution < -0.4 is 0 Å². The van der Waals surface area contributed by atoms with Crippen molar-refractivity contribution in [1.82, 2.24) is 0 Å². The van der Waals surface area contributed by atoms with Crippen molar-refractivity contribution in [3.8, 4) is 0 Å². The first kappa shape index (κ1) is 15.6. The van der Waals surface area contributed by atoms with Crippen molar-refractivity contribution in [2.75, 3.05) is 13.2 Å². The molecular formula is C16H20O6. The molecule has 0 aromatic heterocycles. The molecule has 2 aliphatic rings. The van der Waals surface area contributed by atoms with Gasteiger partial charge in [-0.15, -0.1) is 6.58 Å². The molecule has 0 saturated carbocycles. The molecule has 2 N–H and O–H groups in total. The van der Waals surface area contributed by atoms with E-state index in [-0.39, 0.29) is 13.2 Å². The highest BCUT2D eigenvalue weighted by molar-refractivity contribution is 5.16. The van der Waals surface area contributed by atoms with Crippen LogP contribution in [0.1, 0.15) is 11.9 Å². The number of fused-ring (bicyclic) bond motifs is 1. The average Bonchev–Trinajstić information content (AvgIpc) is 2.57. The van der Waals surface area contributed by atoms with Gasteiger partial charge in [0.2, 0.25) is 0 Å². The molecule has 120 valence electrons. The molecule has 2 aliphatic heterocycles. The number of aliphatic hydroxyl groups is 2. The molecule has 1 aromatic carbocycles. The summed E-state index contributed by atoms with van der Waals surface area (Å²) in [5, 5.41) is 20.4. The molecule has 0 radical (unpaired) electrons. The number of benzene rings is 1. The molecule has 6 nitrogen and oxygen atoms in total. The van der Waals surface area contributed by atoms with Gasteiger partial charge in [-0.3, -0.25) is 0 Å². The normalized spacial score (nSPS) is 38.3. The van der Waals surface area contributed by atoms with Gasteiger partial charge in [0, 0.05) is 5.56 Å². The van der Waals surface area contributed by atoms with Gasteiger partial charge in [0.1, 0.15) is 24.4 Å². The number of hydrogen-bond donors (Lipinski definition) is 2. The van der Waals surface area contributed by atoms with Crippen LogP contribution in [-0.2, 0) is 18.9 Å². The molecule has 0 bridgehead atoms. The van der Waals surface area contributed by atoms with Gasteiger partial charge < -0.3 is 29.2 Å². The first-order valence-electron chi connectivity index (χ1n) is 7.27. The summed E-state index contributed by atoms with van der Waals surface area (Å²) in [6, 6.07) is 9.44. The van der Waals surface area contributed by atoms with Crippen molar-refractivity contribution in [3.63, 3.8) is 0 Å². The predicted molar refractivity (Wildman–Crippen MR) is 76.8 cm³/mol. The summed E-state index contributed by atoms with van der Waals surface area (Å²) in [5.74, 6) is 0. The fourth-order valence-electron chi connectivity index (χ4n) is 2.66. The first-order valence-corrected chi connectivity index (χ1v) is 7.27. The van der Waals surface area contributed by atoms with E-state index in [2.05, 4.69) is 6.58 Å². The minimum Gasteiger partial charge on any atom is -0.387 e. The molecule has 6 heteroatoms. The van der Waals surface area contributed by atoms with Gasteiger partial charge in [0.05, 0.1) is 13.2 Å². The second-order valence-corrected chi connectivity index (χ2v) is 5.32. The molecule has 2 heterocycles. The third-order valence-corrected chi connectivity index (χ3v) is 3.78. The van der Waals surface area contributed by atoms with E-state index in [1.807, 2.05) is 30.3 Å². The van der Waals surface area contributed by atoms with Crippen molar-refractivity contribution in [3.05, 3.63) is 48.6 Å². The SMILES string of the molecule is C=CCO[C@H]1O[C@@H]2CO[C@@H](c3ccccc3)O[C@H]2[C@H](O)[C@H]1O. The average molecular weight is 308 g/mol. The maximum atomic E-state index is 10.3. The van der Waals surface area contributed by atoms with E-state index in [4.69, 9.17) is 18.9 Å². The fourth-order valence-corrected chi connectivity index (χ4v) is 2.66. The van der Waals surface area contributed by atoms with Gasteiger partial charge in [0.25, 0.3) is 0 Å². The van der Waals surface area contributed by atoms with Crippen LogP contribution in [0.4, 0.5) is 0 Å². The van der Waals surface area contributed by atoms with E-state index in [1.54, 1.807) is 6.08 Å². The summed E-state index contributed by atoms with van der Waals surface area (Å²) in [6.45, 7) is 4.01. The van der Waals surface area contributed by atoms with Gasteiger partial charge in [-0.25, -0.2) is 0 Å². The Morgan fingerprint density at radius 3 is 2.68 bits per heavy atom. The first-order chi connectivity index (χ1) is 10.7. The Morgan fingerprint density at radius 1 is 1.18 bits per heavy atom. The highest BCUT2D eigenvalue weighted by Gasteiger charge is 2.49. The Balaban J connectivity index is 1.69. The summed E-state index contributed by atoms with van der Waals surface area (Å²) in [4.78, 5) is 0. The van der Waals surface area contributed by atoms with E-state index >= 15 is 0 Å².